The van der Waals surface area contributed by atoms with Gasteiger partial charge in [0.25, 0.3) is 0 Å². The summed E-state index contributed by atoms with van der Waals surface area (Å²) in [5.41, 5.74) is 7.56. The van der Waals surface area contributed by atoms with E-state index in [-0.39, 0.29) is 12.2 Å². The van der Waals surface area contributed by atoms with Crippen LogP contribution in [-0.4, -0.2) is 17.6 Å². The van der Waals surface area contributed by atoms with E-state index in [9.17, 15) is 4.79 Å². The third-order valence-electron chi connectivity index (χ3n) is 2.68. The zero-order valence-corrected chi connectivity index (χ0v) is 11.5. The normalized spacial score (nSPS) is 9.71. The van der Waals surface area contributed by atoms with Crippen LogP contribution < -0.4 is 11.1 Å². The number of rotatable bonds is 4. The fourth-order valence-corrected chi connectivity index (χ4v) is 1.71. The zero-order chi connectivity index (χ0) is 15.2. The van der Waals surface area contributed by atoms with E-state index in [4.69, 9.17) is 15.7 Å². The summed E-state index contributed by atoms with van der Waals surface area (Å²) in [6.07, 6.45) is 1.45. The number of hydrogen-bond acceptors (Lipinski definition) is 6. The van der Waals surface area contributed by atoms with Crippen LogP contribution in [0.15, 0.2) is 36.5 Å². The molecule has 0 radical (unpaired) electrons. The molecule has 1 aromatic carbocycles. The first kappa shape index (κ1) is 14.3. The molecule has 21 heavy (non-hydrogen) atoms. The van der Waals surface area contributed by atoms with Crippen molar-refractivity contribution >= 4 is 23.2 Å². The molecule has 0 amide bonds. The SMILES string of the molecule is CCOC(=O)c1cc(N)cnc1Nc1ccc(C#N)cc1. The molecule has 0 saturated heterocycles. The molecule has 0 aliphatic carbocycles. The molecule has 106 valence electrons. The van der Waals surface area contributed by atoms with Crippen molar-refractivity contribution < 1.29 is 9.53 Å². The Labute approximate surface area is 122 Å². The zero-order valence-electron chi connectivity index (χ0n) is 11.5. The number of nitrogen functional groups attached to an aromatic ring is 1. The highest BCUT2D eigenvalue weighted by Crippen LogP contribution is 2.21. The second-order valence-corrected chi connectivity index (χ2v) is 4.20. The Morgan fingerprint density at radius 3 is 2.76 bits per heavy atom. The van der Waals surface area contributed by atoms with Crippen LogP contribution in [-0.2, 0) is 4.74 Å². The van der Waals surface area contributed by atoms with Crippen LogP contribution in [0.3, 0.4) is 0 Å². The van der Waals surface area contributed by atoms with Crippen molar-refractivity contribution in [3.8, 4) is 6.07 Å². The lowest BCUT2D eigenvalue weighted by molar-refractivity contribution is 0.0527. The van der Waals surface area contributed by atoms with Crippen molar-refractivity contribution in [3.63, 3.8) is 0 Å². The number of nitrogens with zero attached hydrogens (tertiary/aromatic N) is 2. The van der Waals surface area contributed by atoms with E-state index in [2.05, 4.69) is 10.3 Å². The molecule has 0 fully saturated rings. The Balaban J connectivity index is 2.30. The minimum atomic E-state index is -0.492. The number of carbonyl (C=O) groups excluding carboxylic acids is 1. The van der Waals surface area contributed by atoms with Gasteiger partial charge in [0.2, 0.25) is 0 Å². The molecule has 0 aliphatic heterocycles. The lowest BCUT2D eigenvalue weighted by Gasteiger charge is -2.11. The van der Waals surface area contributed by atoms with Crippen LogP contribution in [0.5, 0.6) is 0 Å². The molecule has 0 atom stereocenters. The number of nitrogens with one attached hydrogen (secondary N) is 1. The standard InChI is InChI=1S/C15H14N4O2/c1-2-21-15(20)13-7-11(17)9-18-14(13)19-12-5-3-10(8-16)4-6-12/h3-7,9H,2,17H2,1H3,(H,18,19). The van der Waals surface area contributed by atoms with Crippen molar-refractivity contribution in [3.05, 3.63) is 47.7 Å². The predicted octanol–water partition coefficient (Wildman–Crippen LogP) is 2.46. The maximum atomic E-state index is 11.9. The summed E-state index contributed by atoms with van der Waals surface area (Å²) >= 11 is 0. The Bertz CT molecular complexity index is 690. The number of benzene rings is 1. The van der Waals surface area contributed by atoms with Gasteiger partial charge < -0.3 is 15.8 Å². The van der Waals surface area contributed by atoms with Gasteiger partial charge in [-0.15, -0.1) is 0 Å². The number of anilines is 3. The number of aromatic nitrogens is 1. The van der Waals surface area contributed by atoms with Crippen LogP contribution in [0, 0.1) is 11.3 Å². The molecule has 0 bridgehead atoms. The van der Waals surface area contributed by atoms with Crippen LogP contribution in [0.25, 0.3) is 0 Å². The van der Waals surface area contributed by atoms with Gasteiger partial charge in [-0.25, -0.2) is 9.78 Å². The van der Waals surface area contributed by atoms with Gasteiger partial charge in [-0.05, 0) is 37.3 Å². The average molecular weight is 282 g/mol. The van der Waals surface area contributed by atoms with Crippen molar-refractivity contribution in [1.82, 2.24) is 4.98 Å². The summed E-state index contributed by atoms with van der Waals surface area (Å²) in [4.78, 5) is 16.0. The fourth-order valence-electron chi connectivity index (χ4n) is 1.71. The van der Waals surface area contributed by atoms with Gasteiger partial charge in [0.05, 0.1) is 30.1 Å². The number of hydrogen-bond donors (Lipinski definition) is 2. The van der Waals surface area contributed by atoms with Crippen LogP contribution in [0.4, 0.5) is 17.2 Å². The second-order valence-electron chi connectivity index (χ2n) is 4.20. The molecule has 0 spiro atoms. The number of esters is 1. The van der Waals surface area contributed by atoms with Gasteiger partial charge in [-0.1, -0.05) is 0 Å². The highest BCUT2D eigenvalue weighted by Gasteiger charge is 2.14. The lowest BCUT2D eigenvalue weighted by atomic mass is 10.2. The molecule has 6 nitrogen and oxygen atoms in total. The molecular formula is C15H14N4O2. The Hall–Kier alpha value is -3.07. The van der Waals surface area contributed by atoms with Gasteiger partial charge in [0.1, 0.15) is 11.4 Å². The van der Waals surface area contributed by atoms with E-state index in [1.165, 1.54) is 12.3 Å². The number of ether oxygens (including phenoxy) is 1. The molecule has 2 aromatic rings. The summed E-state index contributed by atoms with van der Waals surface area (Å²) in [6.45, 7) is 2.00. The first-order chi connectivity index (χ1) is 10.1. The predicted molar refractivity (Wildman–Crippen MR) is 79.0 cm³/mol. The fraction of sp³-hybridized carbons (Fsp3) is 0.133. The van der Waals surface area contributed by atoms with E-state index in [1.54, 1.807) is 31.2 Å². The van der Waals surface area contributed by atoms with Gasteiger partial charge in [-0.3, -0.25) is 0 Å². The molecular weight excluding hydrogens is 268 g/mol. The number of nitrogens with two attached hydrogens (primary N) is 1. The average Bonchev–Trinajstić information content (AvgIpc) is 2.50. The van der Waals surface area contributed by atoms with E-state index < -0.39 is 5.97 Å². The van der Waals surface area contributed by atoms with Crippen molar-refractivity contribution in [1.29, 1.82) is 5.26 Å². The number of nitriles is 1. The maximum Gasteiger partial charge on any atom is 0.341 e. The molecule has 3 N–H and O–H groups in total. The van der Waals surface area contributed by atoms with Crippen LogP contribution >= 0.6 is 0 Å². The van der Waals surface area contributed by atoms with Gasteiger partial charge in [-0.2, -0.15) is 5.26 Å². The molecule has 6 heteroatoms. The summed E-state index contributed by atoms with van der Waals surface area (Å²) in [5, 5.41) is 11.8. The second kappa shape index (κ2) is 6.39. The highest BCUT2D eigenvalue weighted by atomic mass is 16.5. The smallest absolute Gasteiger partial charge is 0.341 e. The van der Waals surface area contributed by atoms with Crippen LogP contribution in [0.1, 0.15) is 22.8 Å². The Morgan fingerprint density at radius 1 is 1.43 bits per heavy atom. The summed E-state index contributed by atoms with van der Waals surface area (Å²) in [5.74, 6) is -0.138. The number of pyridine rings is 1. The van der Waals surface area contributed by atoms with E-state index in [0.29, 0.717) is 22.8 Å². The first-order valence-electron chi connectivity index (χ1n) is 6.34. The van der Waals surface area contributed by atoms with Gasteiger partial charge in [0, 0.05) is 5.69 Å². The topological polar surface area (TPSA) is 101 Å². The molecule has 1 aromatic heterocycles. The molecule has 2 rings (SSSR count). The highest BCUT2D eigenvalue weighted by molar-refractivity contribution is 5.96. The minimum absolute atomic E-state index is 0.265. The molecule has 1 heterocycles. The Morgan fingerprint density at radius 2 is 2.14 bits per heavy atom. The lowest BCUT2D eigenvalue weighted by Crippen LogP contribution is -2.10. The Kier molecular flexibility index (Phi) is 4.36. The van der Waals surface area contributed by atoms with E-state index in [1.807, 2.05) is 6.07 Å². The van der Waals surface area contributed by atoms with E-state index in [0.717, 1.165) is 0 Å². The van der Waals surface area contributed by atoms with Gasteiger partial charge >= 0.3 is 5.97 Å². The van der Waals surface area contributed by atoms with E-state index >= 15 is 0 Å². The minimum Gasteiger partial charge on any atom is -0.462 e. The molecule has 0 saturated carbocycles. The summed E-state index contributed by atoms with van der Waals surface area (Å²) < 4.78 is 4.98. The van der Waals surface area contributed by atoms with Crippen molar-refractivity contribution in [2.75, 3.05) is 17.7 Å². The summed E-state index contributed by atoms with van der Waals surface area (Å²) in [7, 11) is 0. The number of carbonyl (C=O) groups is 1. The van der Waals surface area contributed by atoms with Crippen LogP contribution in [0.2, 0.25) is 0 Å². The third kappa shape index (κ3) is 3.48. The quantitative estimate of drug-likeness (QED) is 0.835. The first-order valence-corrected chi connectivity index (χ1v) is 6.34. The molecule has 0 unspecified atom stereocenters. The van der Waals surface area contributed by atoms with Crippen molar-refractivity contribution in [2.24, 2.45) is 0 Å². The largest absolute Gasteiger partial charge is 0.462 e. The van der Waals surface area contributed by atoms with Gasteiger partial charge in [0.15, 0.2) is 0 Å². The third-order valence-corrected chi connectivity index (χ3v) is 2.68. The monoisotopic (exact) mass is 282 g/mol. The molecule has 0 aliphatic rings. The van der Waals surface area contributed by atoms with Crippen molar-refractivity contribution in [2.45, 2.75) is 6.92 Å². The maximum absolute atomic E-state index is 11.9. The summed E-state index contributed by atoms with van der Waals surface area (Å²) in [6, 6.07) is 10.3.